The Labute approximate surface area is 157 Å². The van der Waals surface area contributed by atoms with Gasteiger partial charge in [0.2, 0.25) is 5.91 Å². The van der Waals surface area contributed by atoms with Crippen LogP contribution in [0.5, 0.6) is 5.75 Å². The van der Waals surface area contributed by atoms with Gasteiger partial charge in [-0.05, 0) is 37.6 Å². The van der Waals surface area contributed by atoms with Crippen LogP contribution in [0.2, 0.25) is 0 Å². The van der Waals surface area contributed by atoms with E-state index in [1.807, 2.05) is 6.92 Å². The number of nitrogens with zero attached hydrogens (tertiary/aromatic N) is 1. The Kier molecular flexibility index (Phi) is 6.17. The van der Waals surface area contributed by atoms with Crippen LogP contribution in [0.15, 0.2) is 42.5 Å². The smallest absolute Gasteiger partial charge is 0.311 e. The maximum Gasteiger partial charge on any atom is 0.311 e. The van der Waals surface area contributed by atoms with Gasteiger partial charge in [0.25, 0.3) is 0 Å². The lowest BCUT2D eigenvalue weighted by Gasteiger charge is -2.14. The van der Waals surface area contributed by atoms with Crippen LogP contribution in [0.1, 0.15) is 18.1 Å². The minimum atomic E-state index is -3.88. The highest BCUT2D eigenvalue weighted by molar-refractivity contribution is 7.92. The summed E-state index contributed by atoms with van der Waals surface area (Å²) in [5.74, 6) is -1.13. The number of rotatable bonds is 7. The van der Waals surface area contributed by atoms with Crippen LogP contribution in [-0.4, -0.2) is 31.6 Å². The lowest BCUT2D eigenvalue weighted by Crippen LogP contribution is -2.33. The number of anilines is 1. The van der Waals surface area contributed by atoms with Crippen LogP contribution in [0.3, 0.4) is 0 Å². The Bertz CT molecular complexity index is 954. The van der Waals surface area contributed by atoms with Crippen molar-refractivity contribution in [3.05, 3.63) is 63.7 Å². The van der Waals surface area contributed by atoms with Gasteiger partial charge in [-0.2, -0.15) is 0 Å². The number of carbonyl (C=O) groups excluding carboxylic acids is 1. The Morgan fingerprint density at radius 2 is 1.85 bits per heavy atom. The highest BCUT2D eigenvalue weighted by atomic mass is 32.2. The second-order valence-corrected chi connectivity index (χ2v) is 8.39. The topological polar surface area (TPSA) is 116 Å². The molecule has 0 aliphatic heterocycles. The van der Waals surface area contributed by atoms with Gasteiger partial charge in [-0.15, -0.1) is 0 Å². The molecule has 2 rings (SSSR count). The van der Waals surface area contributed by atoms with E-state index in [-0.39, 0.29) is 17.0 Å². The number of benzene rings is 2. The minimum absolute atomic E-state index is 0.0336. The molecule has 0 saturated carbocycles. The first kappa shape index (κ1) is 20.4. The van der Waals surface area contributed by atoms with Gasteiger partial charge in [0, 0.05) is 11.8 Å². The number of amides is 1. The zero-order chi connectivity index (χ0) is 20.2. The van der Waals surface area contributed by atoms with E-state index in [0.717, 1.165) is 11.6 Å². The summed E-state index contributed by atoms with van der Waals surface area (Å²) in [7, 11) is -2.59. The molecule has 0 saturated heterocycles. The molecule has 27 heavy (non-hydrogen) atoms. The normalized spacial score (nSPS) is 12.3. The molecule has 9 heteroatoms. The van der Waals surface area contributed by atoms with Gasteiger partial charge >= 0.3 is 5.69 Å². The Morgan fingerprint density at radius 1 is 1.22 bits per heavy atom. The third kappa shape index (κ3) is 5.04. The summed E-state index contributed by atoms with van der Waals surface area (Å²) in [6, 6.07) is 10.9. The van der Waals surface area contributed by atoms with Crippen molar-refractivity contribution in [2.24, 2.45) is 0 Å². The molecule has 1 N–H and O–H groups in total. The summed E-state index contributed by atoms with van der Waals surface area (Å²) in [5, 5.41) is 12.3. The van der Waals surface area contributed by atoms with Gasteiger partial charge in [0.15, 0.2) is 15.6 Å². The molecule has 0 bridgehead atoms. The lowest BCUT2D eigenvalue weighted by molar-refractivity contribution is -0.385. The third-order valence-electron chi connectivity index (χ3n) is 4.03. The van der Waals surface area contributed by atoms with E-state index in [1.54, 1.807) is 24.3 Å². The van der Waals surface area contributed by atoms with Crippen molar-refractivity contribution in [2.75, 3.05) is 12.4 Å². The fourth-order valence-corrected chi connectivity index (χ4v) is 3.65. The quantitative estimate of drug-likeness (QED) is 0.572. The molecule has 1 amide bonds. The second kappa shape index (κ2) is 8.17. The number of ether oxygens (including phenoxy) is 1. The summed E-state index contributed by atoms with van der Waals surface area (Å²) in [5.41, 5.74) is 1.38. The van der Waals surface area contributed by atoms with Gasteiger partial charge in [-0.25, -0.2) is 8.42 Å². The predicted octanol–water partition coefficient (Wildman–Crippen LogP) is 2.85. The summed E-state index contributed by atoms with van der Waals surface area (Å²) >= 11 is 0. The van der Waals surface area contributed by atoms with E-state index >= 15 is 0 Å². The molecule has 1 atom stereocenters. The summed E-state index contributed by atoms with van der Waals surface area (Å²) in [4.78, 5) is 22.7. The molecule has 2 aromatic rings. The molecule has 0 spiro atoms. The molecular formula is C18H20N2O6S. The van der Waals surface area contributed by atoms with Crippen molar-refractivity contribution in [2.45, 2.75) is 24.9 Å². The van der Waals surface area contributed by atoms with Crippen molar-refractivity contribution >= 4 is 27.1 Å². The lowest BCUT2D eigenvalue weighted by atomic mass is 10.2. The van der Waals surface area contributed by atoms with Gasteiger partial charge in [-0.3, -0.25) is 14.9 Å². The molecule has 0 aliphatic carbocycles. The number of hydrogen-bond donors (Lipinski definition) is 1. The van der Waals surface area contributed by atoms with Crippen LogP contribution in [0, 0.1) is 17.0 Å². The largest absolute Gasteiger partial charge is 0.490 e. The standard InChI is InChI=1S/C18H20N2O6S/c1-12-4-7-15(8-5-12)19-18(21)13(2)27(24,25)11-14-6-9-17(26-3)16(10-14)20(22)23/h4-10,13H,11H2,1-3H3,(H,19,21). The van der Waals surface area contributed by atoms with Crippen LogP contribution >= 0.6 is 0 Å². The highest BCUT2D eigenvalue weighted by Crippen LogP contribution is 2.28. The second-order valence-electron chi connectivity index (χ2n) is 6.07. The van der Waals surface area contributed by atoms with Gasteiger partial charge in [0.05, 0.1) is 17.8 Å². The molecule has 0 aromatic heterocycles. The molecular weight excluding hydrogens is 372 g/mol. The first-order valence-electron chi connectivity index (χ1n) is 8.04. The molecule has 0 heterocycles. The number of aryl methyl sites for hydroxylation is 1. The molecule has 0 radical (unpaired) electrons. The average Bonchev–Trinajstić information content (AvgIpc) is 2.62. The van der Waals surface area contributed by atoms with Crippen LogP contribution < -0.4 is 10.1 Å². The highest BCUT2D eigenvalue weighted by Gasteiger charge is 2.29. The Morgan fingerprint density at radius 3 is 2.41 bits per heavy atom. The van der Waals surface area contributed by atoms with Crippen LogP contribution in [-0.2, 0) is 20.4 Å². The van der Waals surface area contributed by atoms with Crippen molar-refractivity contribution in [1.82, 2.24) is 0 Å². The summed E-state index contributed by atoms with van der Waals surface area (Å²) < 4.78 is 30.0. The number of sulfone groups is 1. The van der Waals surface area contributed by atoms with E-state index in [9.17, 15) is 23.3 Å². The SMILES string of the molecule is COc1ccc(CS(=O)(=O)C(C)C(=O)Nc2ccc(C)cc2)cc1[N+](=O)[O-]. The zero-order valence-electron chi connectivity index (χ0n) is 15.1. The van der Waals surface area contributed by atoms with Crippen molar-refractivity contribution < 1.29 is 22.9 Å². The Balaban J connectivity index is 2.17. The maximum absolute atomic E-state index is 12.6. The number of nitrogens with one attached hydrogen (secondary N) is 1. The van der Waals surface area contributed by atoms with E-state index in [4.69, 9.17) is 4.74 Å². The number of carbonyl (C=O) groups is 1. The fourth-order valence-electron chi connectivity index (χ4n) is 2.37. The molecule has 8 nitrogen and oxygen atoms in total. The average molecular weight is 392 g/mol. The number of nitro benzene ring substituents is 1. The number of methoxy groups -OCH3 is 1. The Hall–Kier alpha value is -2.94. The van der Waals surface area contributed by atoms with Gasteiger partial charge in [-0.1, -0.05) is 23.8 Å². The monoisotopic (exact) mass is 392 g/mol. The molecule has 0 fully saturated rings. The third-order valence-corrected chi connectivity index (χ3v) is 6.06. The first-order valence-corrected chi connectivity index (χ1v) is 9.76. The molecule has 2 aromatic carbocycles. The summed E-state index contributed by atoms with van der Waals surface area (Å²) in [6.45, 7) is 3.18. The number of nitro groups is 1. The number of hydrogen-bond acceptors (Lipinski definition) is 6. The molecule has 0 aliphatic rings. The van der Waals surface area contributed by atoms with Crippen LogP contribution in [0.4, 0.5) is 11.4 Å². The summed E-state index contributed by atoms with van der Waals surface area (Å²) in [6.07, 6.45) is 0. The van der Waals surface area contributed by atoms with E-state index in [1.165, 1.54) is 26.2 Å². The molecule has 1 unspecified atom stereocenters. The fraction of sp³-hybridized carbons (Fsp3) is 0.278. The first-order chi connectivity index (χ1) is 12.6. The van der Waals surface area contributed by atoms with E-state index < -0.39 is 31.7 Å². The molecule has 144 valence electrons. The zero-order valence-corrected chi connectivity index (χ0v) is 15.9. The van der Waals surface area contributed by atoms with Crippen LogP contribution in [0.25, 0.3) is 0 Å². The van der Waals surface area contributed by atoms with E-state index in [0.29, 0.717) is 5.69 Å². The van der Waals surface area contributed by atoms with Gasteiger partial charge in [0.1, 0.15) is 5.25 Å². The predicted molar refractivity (Wildman–Crippen MR) is 102 cm³/mol. The van der Waals surface area contributed by atoms with Crippen molar-refractivity contribution in [3.63, 3.8) is 0 Å². The van der Waals surface area contributed by atoms with Crippen molar-refractivity contribution in [3.8, 4) is 5.75 Å². The maximum atomic E-state index is 12.6. The minimum Gasteiger partial charge on any atom is -0.490 e. The van der Waals surface area contributed by atoms with Gasteiger partial charge < -0.3 is 10.1 Å². The van der Waals surface area contributed by atoms with E-state index in [2.05, 4.69) is 5.32 Å². The van der Waals surface area contributed by atoms with Crippen molar-refractivity contribution in [1.29, 1.82) is 0 Å².